The highest BCUT2D eigenvalue weighted by atomic mass is 16.5. The predicted molar refractivity (Wildman–Crippen MR) is 73.7 cm³/mol. The van der Waals surface area contributed by atoms with Crippen LogP contribution in [0.5, 0.6) is 5.75 Å². The second kappa shape index (κ2) is 5.94. The summed E-state index contributed by atoms with van der Waals surface area (Å²) in [4.78, 5) is 22.9. The number of ether oxygens (including phenoxy) is 1. The maximum Gasteiger partial charge on any atom is 0.305 e. The van der Waals surface area contributed by atoms with Crippen molar-refractivity contribution < 1.29 is 19.4 Å². The Morgan fingerprint density at radius 1 is 1.40 bits per heavy atom. The van der Waals surface area contributed by atoms with Crippen LogP contribution in [-0.2, 0) is 16.0 Å². The minimum absolute atomic E-state index is 0.00312. The molecule has 2 N–H and O–H groups in total. The van der Waals surface area contributed by atoms with Gasteiger partial charge in [0.1, 0.15) is 5.75 Å². The highest BCUT2D eigenvalue weighted by Crippen LogP contribution is 2.35. The van der Waals surface area contributed by atoms with Crippen molar-refractivity contribution >= 4 is 11.9 Å². The van der Waals surface area contributed by atoms with Crippen molar-refractivity contribution in [2.75, 3.05) is 7.11 Å². The highest BCUT2D eigenvalue weighted by Gasteiger charge is 2.40. The van der Waals surface area contributed by atoms with Gasteiger partial charge in [0, 0.05) is 0 Å². The molecule has 1 aliphatic carbocycles. The summed E-state index contributed by atoms with van der Waals surface area (Å²) in [5, 5.41) is 11.8. The molecule has 0 aliphatic heterocycles. The van der Waals surface area contributed by atoms with Crippen molar-refractivity contribution in [2.45, 2.75) is 37.6 Å². The third kappa shape index (κ3) is 3.50. The molecule has 0 unspecified atom stereocenters. The lowest BCUT2D eigenvalue weighted by Crippen LogP contribution is -2.55. The van der Waals surface area contributed by atoms with E-state index >= 15 is 0 Å². The molecule has 0 bridgehead atoms. The third-order valence-electron chi connectivity index (χ3n) is 3.70. The topological polar surface area (TPSA) is 75.6 Å². The number of aliphatic carboxylic acids is 1. The Hall–Kier alpha value is -2.04. The average molecular weight is 277 g/mol. The summed E-state index contributed by atoms with van der Waals surface area (Å²) in [6, 6.07) is 7.31. The SMILES string of the molecule is COc1cccc(CC(=O)NC2(CC(=O)O)CCC2)c1. The fourth-order valence-corrected chi connectivity index (χ4v) is 2.55. The van der Waals surface area contributed by atoms with Crippen molar-refractivity contribution in [3.8, 4) is 5.75 Å². The normalized spacial score (nSPS) is 16.1. The molecule has 1 aromatic rings. The number of carbonyl (C=O) groups is 2. The zero-order valence-corrected chi connectivity index (χ0v) is 11.5. The quantitative estimate of drug-likeness (QED) is 0.830. The first-order valence-corrected chi connectivity index (χ1v) is 6.69. The monoisotopic (exact) mass is 277 g/mol. The lowest BCUT2D eigenvalue weighted by atomic mass is 9.74. The molecule has 5 heteroatoms. The number of carbonyl (C=O) groups excluding carboxylic acids is 1. The number of nitrogens with one attached hydrogen (secondary N) is 1. The minimum Gasteiger partial charge on any atom is -0.497 e. The zero-order chi connectivity index (χ0) is 14.6. The van der Waals surface area contributed by atoms with Crippen LogP contribution >= 0.6 is 0 Å². The molecule has 0 aromatic heterocycles. The van der Waals surface area contributed by atoms with Gasteiger partial charge in [0.05, 0.1) is 25.5 Å². The maximum atomic E-state index is 12.1. The van der Waals surface area contributed by atoms with E-state index in [1.54, 1.807) is 7.11 Å². The molecule has 1 aromatic carbocycles. The average Bonchev–Trinajstić information content (AvgIpc) is 2.35. The van der Waals surface area contributed by atoms with Crippen molar-refractivity contribution in [1.29, 1.82) is 0 Å². The molecule has 1 saturated carbocycles. The summed E-state index contributed by atoms with van der Waals surface area (Å²) in [6.45, 7) is 0. The molecule has 20 heavy (non-hydrogen) atoms. The van der Waals surface area contributed by atoms with Gasteiger partial charge in [0.2, 0.25) is 5.91 Å². The first-order valence-electron chi connectivity index (χ1n) is 6.69. The van der Waals surface area contributed by atoms with Crippen LogP contribution in [0.1, 0.15) is 31.2 Å². The number of hydrogen-bond acceptors (Lipinski definition) is 3. The molecule has 108 valence electrons. The fraction of sp³-hybridized carbons (Fsp3) is 0.467. The van der Waals surface area contributed by atoms with Gasteiger partial charge in [-0.25, -0.2) is 0 Å². The summed E-state index contributed by atoms with van der Waals surface area (Å²) < 4.78 is 5.11. The van der Waals surface area contributed by atoms with Crippen LogP contribution in [0.3, 0.4) is 0 Å². The summed E-state index contributed by atoms with van der Waals surface area (Å²) in [7, 11) is 1.58. The van der Waals surface area contributed by atoms with E-state index in [0.717, 1.165) is 24.8 Å². The minimum atomic E-state index is -0.869. The van der Waals surface area contributed by atoms with Crippen LogP contribution in [0.25, 0.3) is 0 Å². The molecule has 0 spiro atoms. The molecule has 0 atom stereocenters. The molecule has 2 rings (SSSR count). The number of amides is 1. The van der Waals surface area contributed by atoms with Gasteiger partial charge in [-0.3, -0.25) is 9.59 Å². The molecule has 5 nitrogen and oxygen atoms in total. The molecule has 1 fully saturated rings. The van der Waals surface area contributed by atoms with Gasteiger partial charge < -0.3 is 15.2 Å². The Balaban J connectivity index is 1.96. The van der Waals surface area contributed by atoms with E-state index in [-0.39, 0.29) is 18.7 Å². The van der Waals surface area contributed by atoms with Crippen molar-refractivity contribution in [1.82, 2.24) is 5.32 Å². The van der Waals surface area contributed by atoms with Gasteiger partial charge in [0.15, 0.2) is 0 Å². The molecule has 0 saturated heterocycles. The van der Waals surface area contributed by atoms with E-state index in [4.69, 9.17) is 9.84 Å². The van der Waals surface area contributed by atoms with Crippen molar-refractivity contribution in [3.05, 3.63) is 29.8 Å². The number of rotatable bonds is 6. The second-order valence-electron chi connectivity index (χ2n) is 5.28. The second-order valence-corrected chi connectivity index (χ2v) is 5.28. The summed E-state index contributed by atoms with van der Waals surface area (Å²) in [6.07, 6.45) is 2.68. The van der Waals surface area contributed by atoms with Gasteiger partial charge in [-0.1, -0.05) is 12.1 Å². The number of hydrogen-bond donors (Lipinski definition) is 2. The van der Waals surface area contributed by atoms with Crippen molar-refractivity contribution in [2.24, 2.45) is 0 Å². The van der Waals surface area contributed by atoms with Crippen molar-refractivity contribution in [3.63, 3.8) is 0 Å². The van der Waals surface area contributed by atoms with E-state index in [1.807, 2.05) is 24.3 Å². The molecule has 0 heterocycles. The molecule has 1 aliphatic rings. The Bertz CT molecular complexity index is 508. The van der Waals surface area contributed by atoms with E-state index in [2.05, 4.69) is 5.32 Å². The lowest BCUT2D eigenvalue weighted by Gasteiger charge is -2.41. The summed E-state index contributed by atoms with van der Waals surface area (Å²) in [5.74, 6) is -0.301. The lowest BCUT2D eigenvalue weighted by molar-refractivity contribution is -0.140. The standard InChI is InChI=1S/C15H19NO4/c1-20-12-5-2-4-11(8-12)9-13(17)16-15(6-3-7-15)10-14(18)19/h2,4-5,8H,3,6-7,9-10H2,1H3,(H,16,17)(H,18,19). The summed E-state index contributed by atoms with van der Waals surface area (Å²) in [5.41, 5.74) is 0.313. The molecule has 0 radical (unpaired) electrons. The number of methoxy groups -OCH3 is 1. The van der Waals surface area contributed by atoms with E-state index in [0.29, 0.717) is 5.75 Å². The van der Waals surface area contributed by atoms with Crippen LogP contribution in [-0.4, -0.2) is 29.6 Å². The molecule has 1 amide bonds. The number of benzene rings is 1. The first kappa shape index (κ1) is 14.4. The van der Waals surface area contributed by atoms with Crippen LogP contribution in [0.2, 0.25) is 0 Å². The van der Waals surface area contributed by atoms with Gasteiger partial charge >= 0.3 is 5.97 Å². The third-order valence-corrected chi connectivity index (χ3v) is 3.70. The summed E-state index contributed by atoms with van der Waals surface area (Å²) >= 11 is 0. The zero-order valence-electron chi connectivity index (χ0n) is 11.5. The van der Waals surface area contributed by atoms with Gasteiger partial charge in [0.25, 0.3) is 0 Å². The van der Waals surface area contributed by atoms with Crippen LogP contribution in [0, 0.1) is 0 Å². The fourth-order valence-electron chi connectivity index (χ4n) is 2.55. The largest absolute Gasteiger partial charge is 0.497 e. The van der Waals surface area contributed by atoms with Gasteiger partial charge in [-0.15, -0.1) is 0 Å². The van der Waals surface area contributed by atoms with Gasteiger partial charge in [-0.2, -0.15) is 0 Å². The number of carboxylic acids is 1. The molecular weight excluding hydrogens is 258 g/mol. The smallest absolute Gasteiger partial charge is 0.305 e. The van der Waals surface area contributed by atoms with E-state index in [1.165, 1.54) is 0 Å². The Morgan fingerprint density at radius 2 is 2.15 bits per heavy atom. The Kier molecular flexibility index (Phi) is 4.27. The highest BCUT2D eigenvalue weighted by molar-refractivity contribution is 5.80. The van der Waals surface area contributed by atoms with Gasteiger partial charge in [-0.05, 0) is 37.0 Å². The van der Waals surface area contributed by atoms with E-state index in [9.17, 15) is 9.59 Å². The Morgan fingerprint density at radius 3 is 2.70 bits per heavy atom. The Labute approximate surface area is 117 Å². The van der Waals surface area contributed by atoms with Crippen LogP contribution in [0.15, 0.2) is 24.3 Å². The van der Waals surface area contributed by atoms with E-state index < -0.39 is 11.5 Å². The molecular formula is C15H19NO4. The maximum absolute atomic E-state index is 12.1. The number of carboxylic acid groups (broad SMARTS) is 1. The predicted octanol–water partition coefficient (Wildman–Crippen LogP) is 1.75. The van der Waals surface area contributed by atoms with Crippen LogP contribution in [0.4, 0.5) is 0 Å². The van der Waals surface area contributed by atoms with Crippen LogP contribution < -0.4 is 10.1 Å². The first-order chi connectivity index (χ1) is 9.53.